The van der Waals surface area contributed by atoms with E-state index in [0.29, 0.717) is 0 Å². The van der Waals surface area contributed by atoms with E-state index in [9.17, 15) is 0 Å². The van der Waals surface area contributed by atoms with Crippen LogP contribution in [0.2, 0.25) is 0 Å². The van der Waals surface area contributed by atoms with Gasteiger partial charge in [-0.15, -0.1) is 0 Å². The van der Waals surface area contributed by atoms with Crippen LogP contribution in [-0.4, -0.2) is 55.3 Å². The number of nitrogens with zero attached hydrogens (tertiary/aromatic N) is 3. The molecule has 5 nitrogen and oxygen atoms in total. The van der Waals surface area contributed by atoms with Gasteiger partial charge in [-0.25, -0.2) is 9.97 Å². The number of likely N-dealkylation sites (N-methyl/N-ethyl adjacent to an activating group) is 1. The van der Waals surface area contributed by atoms with Gasteiger partial charge >= 0.3 is 0 Å². The Labute approximate surface area is 104 Å². The zero-order valence-corrected chi connectivity index (χ0v) is 11.2. The largest absolute Gasteiger partial charge is 0.383 e. The van der Waals surface area contributed by atoms with Gasteiger partial charge in [-0.1, -0.05) is 0 Å². The quantitative estimate of drug-likeness (QED) is 0.818. The molecule has 0 atom stereocenters. The van der Waals surface area contributed by atoms with E-state index in [4.69, 9.17) is 4.74 Å². The summed E-state index contributed by atoms with van der Waals surface area (Å²) in [5, 5.41) is 3.24. The molecule has 1 aromatic heterocycles. The van der Waals surface area contributed by atoms with Crippen LogP contribution in [0, 0.1) is 0 Å². The van der Waals surface area contributed by atoms with Crippen molar-refractivity contribution in [1.29, 1.82) is 0 Å². The lowest BCUT2D eigenvalue weighted by Gasteiger charge is -2.16. The van der Waals surface area contributed by atoms with Crippen LogP contribution in [0.1, 0.15) is 0 Å². The van der Waals surface area contributed by atoms with E-state index in [2.05, 4.69) is 43.2 Å². The Morgan fingerprint density at radius 1 is 1.50 bits per heavy atom. The van der Waals surface area contributed by atoms with Crippen molar-refractivity contribution in [2.75, 3.05) is 45.7 Å². The SMILES string of the molecule is COCCN(C)CCNc1ncncc1Br. The fourth-order valence-corrected chi connectivity index (χ4v) is 1.53. The molecule has 0 bridgehead atoms. The van der Waals surface area contributed by atoms with Gasteiger partial charge in [-0.3, -0.25) is 0 Å². The second-order valence-electron chi connectivity index (χ2n) is 3.44. The second kappa shape index (κ2) is 7.54. The van der Waals surface area contributed by atoms with Gasteiger partial charge in [0.2, 0.25) is 0 Å². The van der Waals surface area contributed by atoms with Crippen molar-refractivity contribution in [3.63, 3.8) is 0 Å². The number of methoxy groups -OCH3 is 1. The zero-order chi connectivity index (χ0) is 11.8. The molecule has 0 radical (unpaired) electrons. The van der Waals surface area contributed by atoms with Gasteiger partial charge in [0, 0.05) is 32.9 Å². The Kier molecular flexibility index (Phi) is 6.29. The zero-order valence-electron chi connectivity index (χ0n) is 9.61. The first kappa shape index (κ1) is 13.3. The maximum absolute atomic E-state index is 5.01. The van der Waals surface area contributed by atoms with Crippen molar-refractivity contribution in [3.8, 4) is 0 Å². The lowest BCUT2D eigenvalue weighted by Crippen LogP contribution is -2.28. The van der Waals surface area contributed by atoms with Gasteiger partial charge in [-0.2, -0.15) is 0 Å². The maximum atomic E-state index is 5.01. The fourth-order valence-electron chi connectivity index (χ4n) is 1.17. The molecule has 0 fully saturated rings. The highest BCUT2D eigenvalue weighted by atomic mass is 79.9. The Bertz CT molecular complexity index is 311. The minimum absolute atomic E-state index is 0.758. The molecule has 1 rings (SSSR count). The molecule has 0 aromatic carbocycles. The average Bonchev–Trinajstić information content (AvgIpc) is 2.29. The number of hydrogen-bond acceptors (Lipinski definition) is 5. The molecular weight excluding hydrogens is 272 g/mol. The van der Waals surface area contributed by atoms with Crippen LogP contribution in [-0.2, 0) is 4.74 Å². The fraction of sp³-hybridized carbons (Fsp3) is 0.600. The molecule has 1 heterocycles. The summed E-state index contributed by atoms with van der Waals surface area (Å²) >= 11 is 3.38. The summed E-state index contributed by atoms with van der Waals surface area (Å²) in [5.41, 5.74) is 0. The minimum Gasteiger partial charge on any atom is -0.383 e. The monoisotopic (exact) mass is 288 g/mol. The Morgan fingerprint density at radius 3 is 3.00 bits per heavy atom. The van der Waals surface area contributed by atoms with Crippen LogP contribution in [0.5, 0.6) is 0 Å². The molecule has 0 aliphatic carbocycles. The van der Waals surface area contributed by atoms with Crippen LogP contribution < -0.4 is 5.32 Å². The molecule has 16 heavy (non-hydrogen) atoms. The molecule has 1 N–H and O–H groups in total. The van der Waals surface area contributed by atoms with E-state index < -0.39 is 0 Å². The number of hydrogen-bond donors (Lipinski definition) is 1. The van der Waals surface area contributed by atoms with Gasteiger partial charge in [0.25, 0.3) is 0 Å². The van der Waals surface area contributed by atoms with Crippen LogP contribution in [0.15, 0.2) is 17.0 Å². The first-order valence-electron chi connectivity index (χ1n) is 5.11. The van der Waals surface area contributed by atoms with E-state index in [-0.39, 0.29) is 0 Å². The van der Waals surface area contributed by atoms with Crippen molar-refractivity contribution in [1.82, 2.24) is 14.9 Å². The summed E-state index contributed by atoms with van der Waals surface area (Å²) < 4.78 is 5.89. The van der Waals surface area contributed by atoms with Crippen LogP contribution >= 0.6 is 15.9 Å². The highest BCUT2D eigenvalue weighted by Gasteiger charge is 2.01. The van der Waals surface area contributed by atoms with E-state index in [1.807, 2.05) is 0 Å². The molecule has 0 amide bonds. The van der Waals surface area contributed by atoms with Gasteiger partial charge in [-0.05, 0) is 23.0 Å². The minimum atomic E-state index is 0.758. The van der Waals surface area contributed by atoms with Crippen LogP contribution in [0.25, 0.3) is 0 Å². The van der Waals surface area contributed by atoms with Crippen molar-refractivity contribution in [2.24, 2.45) is 0 Å². The molecule has 6 heteroatoms. The average molecular weight is 289 g/mol. The predicted octanol–water partition coefficient (Wildman–Crippen LogP) is 1.23. The Morgan fingerprint density at radius 2 is 2.31 bits per heavy atom. The smallest absolute Gasteiger partial charge is 0.143 e. The molecule has 0 aliphatic rings. The van der Waals surface area contributed by atoms with Gasteiger partial charge < -0.3 is 15.0 Å². The summed E-state index contributed by atoms with van der Waals surface area (Å²) in [6.07, 6.45) is 3.26. The third-order valence-electron chi connectivity index (χ3n) is 2.13. The molecule has 0 saturated heterocycles. The molecule has 0 saturated carbocycles. The molecule has 0 spiro atoms. The number of anilines is 1. The van der Waals surface area contributed by atoms with Crippen LogP contribution in [0.3, 0.4) is 0 Å². The number of ether oxygens (including phenoxy) is 1. The highest BCUT2D eigenvalue weighted by Crippen LogP contribution is 2.16. The van der Waals surface area contributed by atoms with Crippen molar-refractivity contribution >= 4 is 21.7 Å². The summed E-state index contributed by atoms with van der Waals surface area (Å²) in [5.74, 6) is 0.829. The third-order valence-corrected chi connectivity index (χ3v) is 2.71. The summed E-state index contributed by atoms with van der Waals surface area (Å²) in [6, 6.07) is 0. The van der Waals surface area contributed by atoms with E-state index in [1.54, 1.807) is 13.3 Å². The summed E-state index contributed by atoms with van der Waals surface area (Å²) in [6.45, 7) is 3.48. The summed E-state index contributed by atoms with van der Waals surface area (Å²) in [4.78, 5) is 10.2. The van der Waals surface area contributed by atoms with Gasteiger partial charge in [0.15, 0.2) is 0 Å². The lowest BCUT2D eigenvalue weighted by molar-refractivity contribution is 0.163. The topological polar surface area (TPSA) is 50.3 Å². The molecule has 0 aliphatic heterocycles. The van der Waals surface area contributed by atoms with Crippen LogP contribution in [0.4, 0.5) is 5.82 Å². The molecule has 1 aromatic rings. The molecular formula is C10H17BrN4O. The standard InChI is InChI=1S/C10H17BrN4O/c1-15(5-6-16-2)4-3-13-10-9(11)7-12-8-14-10/h7-8H,3-6H2,1-2H3,(H,12,13,14). The Hall–Kier alpha value is -0.720. The maximum Gasteiger partial charge on any atom is 0.143 e. The van der Waals surface area contributed by atoms with E-state index >= 15 is 0 Å². The lowest BCUT2D eigenvalue weighted by atomic mass is 10.5. The predicted molar refractivity (Wildman–Crippen MR) is 67.6 cm³/mol. The highest BCUT2D eigenvalue weighted by molar-refractivity contribution is 9.10. The van der Waals surface area contributed by atoms with Gasteiger partial charge in [0.05, 0.1) is 11.1 Å². The summed E-state index contributed by atoms with van der Waals surface area (Å²) in [7, 11) is 3.78. The molecule has 0 unspecified atom stereocenters. The normalized spacial score (nSPS) is 10.8. The van der Waals surface area contributed by atoms with Gasteiger partial charge in [0.1, 0.15) is 12.1 Å². The first-order chi connectivity index (χ1) is 7.74. The second-order valence-corrected chi connectivity index (χ2v) is 4.30. The van der Waals surface area contributed by atoms with Crippen molar-refractivity contribution in [3.05, 3.63) is 17.0 Å². The number of rotatable bonds is 7. The van der Waals surface area contributed by atoms with Crippen molar-refractivity contribution in [2.45, 2.75) is 0 Å². The molecule has 90 valence electrons. The van der Waals surface area contributed by atoms with Crippen molar-refractivity contribution < 1.29 is 4.74 Å². The van der Waals surface area contributed by atoms with E-state index in [0.717, 1.165) is 36.5 Å². The first-order valence-corrected chi connectivity index (χ1v) is 5.90. The number of aromatic nitrogens is 2. The Balaban J connectivity index is 2.23. The number of nitrogens with one attached hydrogen (secondary N) is 1. The van der Waals surface area contributed by atoms with E-state index in [1.165, 1.54) is 6.33 Å². The third kappa shape index (κ3) is 4.87. The number of halogens is 1.